The normalized spacial score (nSPS) is 16.5. The lowest BCUT2D eigenvalue weighted by Crippen LogP contribution is -2.29. The average molecular weight is 344 g/mol. The number of carbonyl (C=O) groups excluding carboxylic acids is 1. The third kappa shape index (κ3) is 3.73. The predicted molar refractivity (Wildman–Crippen MR) is 92.8 cm³/mol. The molecule has 0 spiro atoms. The van der Waals surface area contributed by atoms with E-state index in [-0.39, 0.29) is 17.5 Å². The molecule has 1 unspecified atom stereocenters. The molecule has 0 saturated carbocycles. The first-order valence-corrected chi connectivity index (χ1v) is 8.75. The van der Waals surface area contributed by atoms with Gasteiger partial charge in [-0.25, -0.2) is 13.6 Å². The molecule has 0 fully saturated rings. The minimum absolute atomic E-state index is 0.0613. The maximum absolute atomic E-state index is 14.1. The van der Waals surface area contributed by atoms with E-state index in [2.05, 4.69) is 0 Å². The summed E-state index contributed by atoms with van der Waals surface area (Å²) in [5.41, 5.74) is 2.81. The standard InChI is InChI=1S/C21H22F2O2/c1-3-4-15-9-6-14(11-18(15)22)7-10-17-12-16-8-5-13(2)20(23)19(16)21(24)25-17/h5-6,8-9,11,17H,3-4,7,10,12H2,1-2H3. The van der Waals surface area contributed by atoms with Gasteiger partial charge in [0.25, 0.3) is 0 Å². The maximum Gasteiger partial charge on any atom is 0.341 e. The van der Waals surface area contributed by atoms with Crippen LogP contribution in [0.1, 0.15) is 52.4 Å². The number of fused-ring (bicyclic) bond motifs is 1. The first kappa shape index (κ1) is 17.6. The Labute approximate surface area is 146 Å². The Hall–Kier alpha value is -2.23. The number of halogens is 2. The molecule has 2 nitrogen and oxygen atoms in total. The van der Waals surface area contributed by atoms with Crippen LogP contribution in [-0.4, -0.2) is 12.1 Å². The van der Waals surface area contributed by atoms with Gasteiger partial charge in [0, 0.05) is 6.42 Å². The monoisotopic (exact) mass is 344 g/mol. The van der Waals surface area contributed by atoms with E-state index < -0.39 is 11.8 Å². The van der Waals surface area contributed by atoms with Crippen molar-refractivity contribution in [1.29, 1.82) is 0 Å². The zero-order valence-electron chi connectivity index (χ0n) is 14.6. The summed E-state index contributed by atoms with van der Waals surface area (Å²) in [6, 6.07) is 8.79. The summed E-state index contributed by atoms with van der Waals surface area (Å²) in [5, 5.41) is 0. The molecule has 2 aromatic carbocycles. The van der Waals surface area contributed by atoms with Crippen LogP contribution in [0.3, 0.4) is 0 Å². The van der Waals surface area contributed by atoms with E-state index in [1.54, 1.807) is 25.1 Å². The van der Waals surface area contributed by atoms with Crippen LogP contribution < -0.4 is 0 Å². The fraction of sp³-hybridized carbons (Fsp3) is 0.381. The molecule has 1 aliphatic rings. The van der Waals surface area contributed by atoms with Gasteiger partial charge < -0.3 is 4.74 Å². The Morgan fingerprint density at radius 1 is 1.16 bits per heavy atom. The second-order valence-corrected chi connectivity index (χ2v) is 6.68. The Morgan fingerprint density at radius 2 is 1.96 bits per heavy atom. The SMILES string of the molecule is CCCc1ccc(CCC2Cc3ccc(C)c(F)c3C(=O)O2)cc1F. The quantitative estimate of drug-likeness (QED) is 0.718. The zero-order chi connectivity index (χ0) is 18.0. The first-order valence-electron chi connectivity index (χ1n) is 8.75. The van der Waals surface area contributed by atoms with Gasteiger partial charge >= 0.3 is 5.97 Å². The summed E-state index contributed by atoms with van der Waals surface area (Å²) in [7, 11) is 0. The van der Waals surface area contributed by atoms with Gasteiger partial charge in [-0.05, 0) is 54.5 Å². The molecule has 0 radical (unpaired) electrons. The summed E-state index contributed by atoms with van der Waals surface area (Å²) >= 11 is 0. The lowest BCUT2D eigenvalue weighted by molar-refractivity contribution is 0.0231. The second kappa shape index (κ2) is 7.34. The number of hydrogen-bond acceptors (Lipinski definition) is 2. The number of esters is 1. The van der Waals surface area contributed by atoms with E-state index >= 15 is 0 Å². The molecular formula is C21H22F2O2. The van der Waals surface area contributed by atoms with E-state index in [9.17, 15) is 13.6 Å². The zero-order valence-corrected chi connectivity index (χ0v) is 14.6. The summed E-state index contributed by atoms with van der Waals surface area (Å²) in [5.74, 6) is -1.27. The Kier molecular flexibility index (Phi) is 5.16. The van der Waals surface area contributed by atoms with Gasteiger partial charge in [0.1, 0.15) is 17.7 Å². The number of ether oxygens (including phenoxy) is 1. The highest BCUT2D eigenvalue weighted by Gasteiger charge is 2.29. The minimum Gasteiger partial charge on any atom is -0.458 e. The molecule has 0 bridgehead atoms. The molecule has 25 heavy (non-hydrogen) atoms. The highest BCUT2D eigenvalue weighted by Crippen LogP contribution is 2.27. The van der Waals surface area contributed by atoms with E-state index in [1.807, 2.05) is 19.1 Å². The molecule has 1 heterocycles. The van der Waals surface area contributed by atoms with Crippen LogP contribution in [0.5, 0.6) is 0 Å². The Morgan fingerprint density at radius 3 is 2.68 bits per heavy atom. The lowest BCUT2D eigenvalue weighted by Gasteiger charge is -2.25. The molecule has 1 atom stereocenters. The summed E-state index contributed by atoms with van der Waals surface area (Å²) in [4.78, 5) is 12.1. The van der Waals surface area contributed by atoms with E-state index in [1.165, 1.54) is 0 Å². The highest BCUT2D eigenvalue weighted by molar-refractivity contribution is 5.92. The van der Waals surface area contributed by atoms with E-state index in [0.717, 1.165) is 24.0 Å². The third-order valence-electron chi connectivity index (χ3n) is 4.74. The minimum atomic E-state index is -0.600. The molecule has 0 amide bonds. The van der Waals surface area contributed by atoms with Crippen LogP contribution >= 0.6 is 0 Å². The fourth-order valence-corrected chi connectivity index (χ4v) is 3.32. The largest absolute Gasteiger partial charge is 0.458 e. The molecule has 0 aromatic heterocycles. The highest BCUT2D eigenvalue weighted by atomic mass is 19.1. The van der Waals surface area contributed by atoms with Crippen molar-refractivity contribution in [2.75, 3.05) is 0 Å². The van der Waals surface area contributed by atoms with Crippen molar-refractivity contribution in [2.45, 2.75) is 52.1 Å². The summed E-state index contributed by atoms with van der Waals surface area (Å²) in [6.07, 6.45) is 3.03. The van der Waals surface area contributed by atoms with Crippen LogP contribution in [0.2, 0.25) is 0 Å². The van der Waals surface area contributed by atoms with Gasteiger partial charge in [-0.1, -0.05) is 37.6 Å². The van der Waals surface area contributed by atoms with Crippen LogP contribution in [0, 0.1) is 18.6 Å². The van der Waals surface area contributed by atoms with Crippen molar-refractivity contribution >= 4 is 5.97 Å². The average Bonchev–Trinajstić information content (AvgIpc) is 2.58. The molecule has 132 valence electrons. The lowest BCUT2D eigenvalue weighted by atomic mass is 9.93. The van der Waals surface area contributed by atoms with Crippen LogP contribution in [0.25, 0.3) is 0 Å². The van der Waals surface area contributed by atoms with E-state index in [4.69, 9.17) is 4.74 Å². The molecule has 1 aliphatic heterocycles. The maximum atomic E-state index is 14.1. The van der Waals surface area contributed by atoms with Gasteiger partial charge in [-0.2, -0.15) is 0 Å². The second-order valence-electron chi connectivity index (χ2n) is 6.68. The topological polar surface area (TPSA) is 26.3 Å². The van der Waals surface area contributed by atoms with Gasteiger partial charge in [0.2, 0.25) is 0 Å². The van der Waals surface area contributed by atoms with Gasteiger partial charge in [0.05, 0.1) is 5.56 Å². The van der Waals surface area contributed by atoms with Crippen molar-refractivity contribution in [1.82, 2.24) is 0 Å². The first-order chi connectivity index (χ1) is 12.0. The fourth-order valence-electron chi connectivity index (χ4n) is 3.32. The number of benzene rings is 2. The van der Waals surface area contributed by atoms with Gasteiger partial charge in [-0.15, -0.1) is 0 Å². The predicted octanol–water partition coefficient (Wildman–Crippen LogP) is 4.94. The Bertz CT molecular complexity index is 799. The molecule has 3 rings (SSSR count). The van der Waals surface area contributed by atoms with Gasteiger partial charge in [-0.3, -0.25) is 0 Å². The van der Waals surface area contributed by atoms with Crippen molar-refractivity contribution in [2.24, 2.45) is 0 Å². The van der Waals surface area contributed by atoms with E-state index in [0.29, 0.717) is 30.4 Å². The molecule has 0 saturated heterocycles. The molecule has 4 heteroatoms. The number of carbonyl (C=O) groups is 1. The van der Waals surface area contributed by atoms with Gasteiger partial charge in [0.15, 0.2) is 0 Å². The summed E-state index contributed by atoms with van der Waals surface area (Å²) in [6.45, 7) is 3.65. The smallest absolute Gasteiger partial charge is 0.341 e. The number of rotatable bonds is 5. The number of aryl methyl sites for hydroxylation is 3. The number of hydrogen-bond donors (Lipinski definition) is 0. The van der Waals surface area contributed by atoms with Crippen molar-refractivity contribution < 1.29 is 18.3 Å². The molecule has 0 aliphatic carbocycles. The molecule has 2 aromatic rings. The third-order valence-corrected chi connectivity index (χ3v) is 4.74. The van der Waals surface area contributed by atoms with Crippen LogP contribution in [0.4, 0.5) is 8.78 Å². The van der Waals surface area contributed by atoms with Crippen LogP contribution in [-0.2, 0) is 24.0 Å². The number of cyclic esters (lactones) is 1. The summed E-state index contributed by atoms with van der Waals surface area (Å²) < 4.78 is 33.5. The van der Waals surface area contributed by atoms with Crippen molar-refractivity contribution in [3.63, 3.8) is 0 Å². The molecule has 0 N–H and O–H groups in total. The Balaban J connectivity index is 1.68. The molecular weight excluding hydrogens is 322 g/mol. The van der Waals surface area contributed by atoms with Crippen LogP contribution in [0.15, 0.2) is 30.3 Å². The van der Waals surface area contributed by atoms with Crippen molar-refractivity contribution in [3.05, 3.63) is 69.8 Å². The van der Waals surface area contributed by atoms with Crippen molar-refractivity contribution in [3.8, 4) is 0 Å².